The van der Waals surface area contributed by atoms with Crippen molar-refractivity contribution in [2.75, 3.05) is 0 Å². The van der Waals surface area contributed by atoms with E-state index in [1.807, 2.05) is 23.9 Å². The van der Waals surface area contributed by atoms with Crippen LogP contribution in [0.3, 0.4) is 0 Å². The average molecular weight is 212 g/mol. The van der Waals surface area contributed by atoms with Crippen LogP contribution < -0.4 is 0 Å². The topological polar surface area (TPSA) is 0 Å². The predicted octanol–water partition coefficient (Wildman–Crippen LogP) is 4.42. The van der Waals surface area contributed by atoms with Gasteiger partial charge in [0.1, 0.15) is 5.82 Å². The first-order valence-corrected chi connectivity index (χ1v) is 5.70. The lowest BCUT2D eigenvalue weighted by Crippen LogP contribution is -2.09. The first-order valence-electron chi connectivity index (χ1n) is 4.82. The van der Waals surface area contributed by atoms with Crippen LogP contribution >= 0.6 is 11.8 Å². The fourth-order valence-corrected chi connectivity index (χ4v) is 2.69. The van der Waals surface area contributed by atoms with Gasteiger partial charge in [0.25, 0.3) is 0 Å². The lowest BCUT2D eigenvalue weighted by Gasteiger charge is -2.23. The van der Waals surface area contributed by atoms with Gasteiger partial charge in [-0.3, -0.25) is 0 Å². The van der Waals surface area contributed by atoms with Gasteiger partial charge in [-0.2, -0.15) is 0 Å². The quantitative estimate of drug-likeness (QED) is 0.699. The van der Waals surface area contributed by atoms with Crippen LogP contribution in [0.25, 0.3) is 0 Å². The zero-order valence-corrected chi connectivity index (χ0v) is 9.99. The molecule has 78 valence electrons. The van der Waals surface area contributed by atoms with Crippen LogP contribution in [0.4, 0.5) is 4.39 Å². The summed E-state index contributed by atoms with van der Waals surface area (Å²) in [5, 5.41) is 0.413. The average Bonchev–Trinajstić information content (AvgIpc) is 2.02. The Morgan fingerprint density at radius 1 is 1.14 bits per heavy atom. The fraction of sp³-hybridized carbons (Fsp3) is 0.500. The Hall–Kier alpha value is -0.500. The summed E-state index contributed by atoms with van der Waals surface area (Å²) in [7, 11) is 0. The lowest BCUT2D eigenvalue weighted by molar-refractivity contribution is 0.627. The van der Waals surface area contributed by atoms with Crippen molar-refractivity contribution < 1.29 is 4.39 Å². The minimum Gasteiger partial charge on any atom is -0.207 e. The molecule has 0 amide bonds. The van der Waals surface area contributed by atoms with Crippen molar-refractivity contribution in [2.24, 2.45) is 0 Å². The molecule has 1 unspecified atom stereocenters. The third-order valence-electron chi connectivity index (χ3n) is 1.87. The second-order valence-corrected chi connectivity index (χ2v) is 6.59. The summed E-state index contributed by atoms with van der Waals surface area (Å²) in [5.74, 6) is -0.165. The van der Waals surface area contributed by atoms with Crippen LogP contribution in [-0.2, 0) is 0 Å². The summed E-state index contributed by atoms with van der Waals surface area (Å²) in [5.41, 5.74) is 1.19. The molecule has 0 aromatic heterocycles. The monoisotopic (exact) mass is 212 g/mol. The number of hydrogen-bond donors (Lipinski definition) is 0. The van der Waals surface area contributed by atoms with Crippen molar-refractivity contribution >= 4 is 11.8 Å². The summed E-state index contributed by atoms with van der Waals surface area (Å²) < 4.78 is 12.9. The van der Waals surface area contributed by atoms with Gasteiger partial charge in [0, 0.05) is 10.00 Å². The molecular formula is C12H17FS. The third kappa shape index (κ3) is 3.70. The van der Waals surface area contributed by atoms with Crippen molar-refractivity contribution in [3.63, 3.8) is 0 Å². The van der Waals surface area contributed by atoms with E-state index in [-0.39, 0.29) is 10.6 Å². The molecule has 0 aliphatic rings. The van der Waals surface area contributed by atoms with E-state index in [2.05, 4.69) is 27.7 Å². The van der Waals surface area contributed by atoms with Gasteiger partial charge >= 0.3 is 0 Å². The molecule has 2 heteroatoms. The van der Waals surface area contributed by atoms with Gasteiger partial charge in [0.15, 0.2) is 0 Å². The predicted molar refractivity (Wildman–Crippen MR) is 62.2 cm³/mol. The molecule has 0 fully saturated rings. The zero-order chi connectivity index (χ0) is 10.8. The molecule has 1 aromatic rings. The first kappa shape index (κ1) is 11.6. The van der Waals surface area contributed by atoms with Crippen molar-refractivity contribution in [3.05, 3.63) is 35.6 Å². The zero-order valence-electron chi connectivity index (χ0n) is 9.17. The Labute approximate surface area is 89.9 Å². The normalized spacial score (nSPS) is 14.1. The van der Waals surface area contributed by atoms with E-state index in [1.165, 1.54) is 17.7 Å². The van der Waals surface area contributed by atoms with E-state index in [1.54, 1.807) is 0 Å². The number of halogens is 1. The SMILES string of the molecule is CC(SC(C)(C)C)c1ccc(F)cc1. The highest BCUT2D eigenvalue weighted by atomic mass is 32.2. The van der Waals surface area contributed by atoms with Crippen molar-refractivity contribution in [1.82, 2.24) is 0 Å². The number of thioether (sulfide) groups is 1. The highest BCUT2D eigenvalue weighted by Crippen LogP contribution is 2.37. The van der Waals surface area contributed by atoms with E-state index < -0.39 is 0 Å². The molecule has 0 saturated heterocycles. The first-order chi connectivity index (χ1) is 6.38. The molecule has 0 saturated carbocycles. The number of rotatable bonds is 2. The van der Waals surface area contributed by atoms with Crippen molar-refractivity contribution in [1.29, 1.82) is 0 Å². The fourth-order valence-electron chi connectivity index (χ4n) is 1.33. The van der Waals surface area contributed by atoms with E-state index >= 15 is 0 Å². The molecule has 14 heavy (non-hydrogen) atoms. The van der Waals surface area contributed by atoms with Crippen molar-refractivity contribution in [2.45, 2.75) is 37.7 Å². The van der Waals surface area contributed by atoms with Crippen molar-refractivity contribution in [3.8, 4) is 0 Å². The van der Waals surface area contributed by atoms with Crippen LogP contribution in [0.5, 0.6) is 0 Å². The summed E-state index contributed by atoms with van der Waals surface area (Å²) >= 11 is 1.89. The largest absolute Gasteiger partial charge is 0.207 e. The summed E-state index contributed by atoms with van der Waals surface area (Å²) in [4.78, 5) is 0. The molecule has 1 rings (SSSR count). The highest BCUT2D eigenvalue weighted by Gasteiger charge is 2.16. The molecule has 0 aliphatic heterocycles. The van der Waals surface area contributed by atoms with Crippen LogP contribution in [0.1, 0.15) is 38.5 Å². The highest BCUT2D eigenvalue weighted by molar-refractivity contribution is 8.00. The third-order valence-corrected chi connectivity index (χ3v) is 3.20. The Bertz CT molecular complexity index is 284. The minimum absolute atomic E-state index is 0.165. The van der Waals surface area contributed by atoms with Gasteiger partial charge in [-0.15, -0.1) is 11.8 Å². The van der Waals surface area contributed by atoms with Gasteiger partial charge in [0.05, 0.1) is 0 Å². The molecule has 1 atom stereocenters. The summed E-state index contributed by atoms with van der Waals surface area (Å²) in [6.07, 6.45) is 0. The van der Waals surface area contributed by atoms with Gasteiger partial charge < -0.3 is 0 Å². The van der Waals surface area contributed by atoms with E-state index in [4.69, 9.17) is 0 Å². The van der Waals surface area contributed by atoms with Gasteiger partial charge in [-0.1, -0.05) is 32.9 Å². The Balaban J connectivity index is 2.70. The smallest absolute Gasteiger partial charge is 0.123 e. The standard InChI is InChI=1S/C12H17FS/c1-9(14-12(2,3)4)10-5-7-11(13)8-6-10/h5-9H,1-4H3. The molecule has 0 heterocycles. The molecule has 1 aromatic carbocycles. The molecule has 0 aliphatic carbocycles. The molecular weight excluding hydrogens is 195 g/mol. The summed E-state index contributed by atoms with van der Waals surface area (Å²) in [6.45, 7) is 8.73. The Morgan fingerprint density at radius 3 is 2.07 bits per heavy atom. The van der Waals surface area contributed by atoms with E-state index in [9.17, 15) is 4.39 Å². The summed E-state index contributed by atoms with van der Waals surface area (Å²) in [6, 6.07) is 6.77. The van der Waals surface area contributed by atoms with Gasteiger partial charge in [-0.25, -0.2) is 4.39 Å². The van der Waals surface area contributed by atoms with Crippen LogP contribution in [0.15, 0.2) is 24.3 Å². The lowest BCUT2D eigenvalue weighted by atomic mass is 10.2. The van der Waals surface area contributed by atoms with E-state index in [0.29, 0.717) is 5.25 Å². The maximum atomic E-state index is 12.7. The molecule has 0 radical (unpaired) electrons. The maximum absolute atomic E-state index is 12.7. The van der Waals surface area contributed by atoms with Gasteiger partial charge in [0.2, 0.25) is 0 Å². The maximum Gasteiger partial charge on any atom is 0.123 e. The minimum atomic E-state index is -0.165. The van der Waals surface area contributed by atoms with Crippen LogP contribution in [0.2, 0.25) is 0 Å². The Morgan fingerprint density at radius 2 is 1.64 bits per heavy atom. The van der Waals surface area contributed by atoms with Gasteiger partial charge in [-0.05, 0) is 24.6 Å². The number of hydrogen-bond acceptors (Lipinski definition) is 1. The molecule has 0 spiro atoms. The second-order valence-electron chi connectivity index (χ2n) is 4.42. The van der Waals surface area contributed by atoms with Crippen LogP contribution in [-0.4, -0.2) is 4.75 Å². The number of benzene rings is 1. The molecule has 0 bridgehead atoms. The van der Waals surface area contributed by atoms with E-state index in [0.717, 1.165) is 0 Å². The molecule has 0 nitrogen and oxygen atoms in total. The van der Waals surface area contributed by atoms with Crippen LogP contribution in [0, 0.1) is 5.82 Å². The molecule has 0 N–H and O–H groups in total. The second kappa shape index (κ2) is 4.35. The Kier molecular flexibility index (Phi) is 3.59.